The lowest BCUT2D eigenvalue weighted by Crippen LogP contribution is -2.44. The van der Waals surface area contributed by atoms with Crippen molar-refractivity contribution in [3.8, 4) is 6.07 Å². The molecule has 0 aromatic carbocycles. The second kappa shape index (κ2) is 5.17. The molecule has 0 bridgehead atoms. The number of rotatable bonds is 2. The normalized spacial score (nSPS) is 31.5. The fourth-order valence-corrected chi connectivity index (χ4v) is 2.40. The number of hydrogen-bond acceptors (Lipinski definition) is 2. The van der Waals surface area contributed by atoms with E-state index in [2.05, 4.69) is 31.4 Å². The van der Waals surface area contributed by atoms with E-state index in [1.54, 1.807) is 6.08 Å². The van der Waals surface area contributed by atoms with Gasteiger partial charge in [0.05, 0.1) is 6.07 Å². The summed E-state index contributed by atoms with van der Waals surface area (Å²) in [6.45, 7) is 8.18. The van der Waals surface area contributed by atoms with E-state index < -0.39 is 0 Å². The van der Waals surface area contributed by atoms with Crippen molar-refractivity contribution in [1.82, 2.24) is 4.90 Å². The molecule has 1 saturated heterocycles. The third kappa shape index (κ3) is 2.36. The van der Waals surface area contributed by atoms with Gasteiger partial charge in [-0.2, -0.15) is 5.26 Å². The fourth-order valence-electron chi connectivity index (χ4n) is 2.40. The Morgan fingerprint density at radius 1 is 1.36 bits per heavy atom. The van der Waals surface area contributed by atoms with Crippen LogP contribution in [0.2, 0.25) is 0 Å². The summed E-state index contributed by atoms with van der Waals surface area (Å²) in [5.41, 5.74) is 0. The molecule has 1 heterocycles. The molecule has 0 spiro atoms. The Kier molecular flexibility index (Phi) is 4.16. The molecule has 78 valence electrons. The van der Waals surface area contributed by atoms with Crippen LogP contribution in [0.5, 0.6) is 0 Å². The smallest absolute Gasteiger partial charge is 0.117 e. The Morgan fingerprint density at radius 3 is 2.21 bits per heavy atom. The zero-order chi connectivity index (χ0) is 10.6. The summed E-state index contributed by atoms with van der Waals surface area (Å²) in [4.78, 5) is 2.31. The summed E-state index contributed by atoms with van der Waals surface area (Å²) in [5.74, 6) is 0. The van der Waals surface area contributed by atoms with Gasteiger partial charge in [-0.05, 0) is 26.7 Å². The molecule has 2 nitrogen and oxygen atoms in total. The first-order chi connectivity index (χ1) is 6.70. The van der Waals surface area contributed by atoms with Gasteiger partial charge >= 0.3 is 0 Å². The number of nitrogens with zero attached hydrogens (tertiary/aromatic N) is 2. The molecule has 0 aromatic rings. The minimum Gasteiger partial charge on any atom is -0.279 e. The van der Waals surface area contributed by atoms with E-state index >= 15 is 0 Å². The van der Waals surface area contributed by atoms with Gasteiger partial charge in [-0.1, -0.05) is 18.9 Å². The largest absolute Gasteiger partial charge is 0.279 e. The van der Waals surface area contributed by atoms with Crippen molar-refractivity contribution in [2.24, 2.45) is 0 Å². The Labute approximate surface area is 87.2 Å². The third-order valence-electron chi connectivity index (χ3n) is 3.19. The lowest BCUT2D eigenvalue weighted by Gasteiger charge is -2.34. The van der Waals surface area contributed by atoms with Gasteiger partial charge in [0.15, 0.2) is 0 Å². The molecule has 0 aromatic heterocycles. The lowest BCUT2D eigenvalue weighted by molar-refractivity contribution is 0.146. The second-order valence-corrected chi connectivity index (χ2v) is 4.24. The summed E-state index contributed by atoms with van der Waals surface area (Å²) in [7, 11) is 0. The van der Waals surface area contributed by atoms with Gasteiger partial charge in [-0.15, -0.1) is 6.58 Å². The van der Waals surface area contributed by atoms with Gasteiger partial charge in [0, 0.05) is 12.1 Å². The van der Waals surface area contributed by atoms with E-state index in [0.29, 0.717) is 12.1 Å². The van der Waals surface area contributed by atoms with Crippen molar-refractivity contribution in [1.29, 1.82) is 5.26 Å². The average Bonchev–Trinajstić information content (AvgIpc) is 2.33. The highest BCUT2D eigenvalue weighted by molar-refractivity contribution is 5.06. The fraction of sp³-hybridized carbons (Fsp3) is 0.750. The maximum absolute atomic E-state index is 9.04. The predicted molar refractivity (Wildman–Crippen MR) is 58.8 cm³/mol. The van der Waals surface area contributed by atoms with E-state index in [1.807, 2.05) is 0 Å². The summed E-state index contributed by atoms with van der Waals surface area (Å²) in [6, 6.07) is 3.22. The highest BCUT2D eigenvalue weighted by atomic mass is 15.2. The molecule has 0 radical (unpaired) electrons. The van der Waals surface area contributed by atoms with Crippen LogP contribution in [0.25, 0.3) is 0 Å². The molecule has 0 N–H and O–H groups in total. The van der Waals surface area contributed by atoms with Gasteiger partial charge in [-0.3, -0.25) is 4.90 Å². The van der Waals surface area contributed by atoms with Crippen molar-refractivity contribution in [2.75, 3.05) is 0 Å². The maximum Gasteiger partial charge on any atom is 0.117 e. The molecular formula is C12H20N2. The quantitative estimate of drug-likeness (QED) is 0.629. The van der Waals surface area contributed by atoms with Crippen LogP contribution in [-0.4, -0.2) is 23.0 Å². The van der Waals surface area contributed by atoms with Gasteiger partial charge in [0.1, 0.15) is 6.04 Å². The lowest BCUT2D eigenvalue weighted by atomic mass is 10.1. The molecule has 2 heteroatoms. The van der Waals surface area contributed by atoms with Gasteiger partial charge in [0.25, 0.3) is 0 Å². The molecule has 0 amide bonds. The zero-order valence-corrected chi connectivity index (χ0v) is 9.24. The van der Waals surface area contributed by atoms with Crippen LogP contribution < -0.4 is 0 Å². The average molecular weight is 192 g/mol. The van der Waals surface area contributed by atoms with Crippen molar-refractivity contribution in [3.05, 3.63) is 12.7 Å². The first kappa shape index (κ1) is 11.3. The summed E-state index contributed by atoms with van der Waals surface area (Å²) in [6.07, 6.45) is 6.75. The predicted octanol–water partition coefficient (Wildman–Crippen LogP) is 2.72. The van der Waals surface area contributed by atoms with Crippen LogP contribution in [0.15, 0.2) is 12.7 Å². The molecule has 1 rings (SSSR count). The van der Waals surface area contributed by atoms with Crippen LogP contribution >= 0.6 is 0 Å². The minimum absolute atomic E-state index is 0.113. The Hall–Kier alpha value is -0.810. The van der Waals surface area contributed by atoms with Gasteiger partial charge < -0.3 is 0 Å². The molecule has 14 heavy (non-hydrogen) atoms. The topological polar surface area (TPSA) is 27.0 Å². The van der Waals surface area contributed by atoms with E-state index in [4.69, 9.17) is 5.26 Å². The van der Waals surface area contributed by atoms with Crippen molar-refractivity contribution < 1.29 is 0 Å². The molecule has 1 aliphatic rings. The molecule has 3 unspecified atom stereocenters. The highest BCUT2D eigenvalue weighted by Gasteiger charge is 2.27. The van der Waals surface area contributed by atoms with Gasteiger partial charge in [0.2, 0.25) is 0 Å². The second-order valence-electron chi connectivity index (χ2n) is 4.24. The number of nitriles is 1. The minimum atomic E-state index is -0.113. The van der Waals surface area contributed by atoms with Crippen LogP contribution in [-0.2, 0) is 0 Å². The maximum atomic E-state index is 9.04. The summed E-state index contributed by atoms with van der Waals surface area (Å²) < 4.78 is 0. The van der Waals surface area contributed by atoms with E-state index in [1.165, 1.54) is 25.7 Å². The molecule has 0 saturated carbocycles. The number of likely N-dealkylation sites (tertiary alicyclic amines) is 1. The van der Waals surface area contributed by atoms with Crippen molar-refractivity contribution in [3.63, 3.8) is 0 Å². The Bertz CT molecular complexity index is 217. The first-order valence-corrected chi connectivity index (χ1v) is 5.50. The number of hydrogen-bond donors (Lipinski definition) is 0. The summed E-state index contributed by atoms with van der Waals surface area (Å²) in [5, 5.41) is 9.04. The molecular weight excluding hydrogens is 172 g/mol. The standard InChI is InChI=1S/C12H20N2/c1-4-12(9-13)14-10(2)7-5-6-8-11(14)3/h4,10-12H,1,5-8H2,2-3H3. The van der Waals surface area contributed by atoms with Crippen LogP contribution in [0.1, 0.15) is 39.5 Å². The first-order valence-electron chi connectivity index (χ1n) is 5.50. The molecule has 1 fully saturated rings. The van der Waals surface area contributed by atoms with Crippen LogP contribution in [0, 0.1) is 11.3 Å². The molecule has 1 aliphatic heterocycles. The highest BCUT2D eigenvalue weighted by Crippen LogP contribution is 2.24. The third-order valence-corrected chi connectivity index (χ3v) is 3.19. The van der Waals surface area contributed by atoms with Crippen LogP contribution in [0.3, 0.4) is 0 Å². The van der Waals surface area contributed by atoms with E-state index in [9.17, 15) is 0 Å². The zero-order valence-electron chi connectivity index (χ0n) is 9.24. The van der Waals surface area contributed by atoms with E-state index in [0.717, 1.165) is 0 Å². The van der Waals surface area contributed by atoms with Crippen molar-refractivity contribution >= 4 is 0 Å². The SMILES string of the molecule is C=CC(C#N)N1C(C)CCCCC1C. The molecule has 0 aliphatic carbocycles. The van der Waals surface area contributed by atoms with Crippen molar-refractivity contribution in [2.45, 2.75) is 57.7 Å². The Balaban J connectivity index is 2.78. The summed E-state index contributed by atoms with van der Waals surface area (Å²) >= 11 is 0. The Morgan fingerprint density at radius 2 is 1.86 bits per heavy atom. The van der Waals surface area contributed by atoms with Gasteiger partial charge in [-0.25, -0.2) is 0 Å². The monoisotopic (exact) mass is 192 g/mol. The van der Waals surface area contributed by atoms with Crippen LogP contribution in [0.4, 0.5) is 0 Å². The van der Waals surface area contributed by atoms with E-state index in [-0.39, 0.29) is 6.04 Å². The molecule has 3 atom stereocenters.